The molecule has 0 aliphatic heterocycles. The Morgan fingerprint density at radius 2 is 1.60 bits per heavy atom. The van der Waals surface area contributed by atoms with E-state index in [1.54, 1.807) is 37.5 Å². The first kappa shape index (κ1) is 28.4. The van der Waals surface area contributed by atoms with E-state index >= 15 is 0 Å². The minimum atomic E-state index is -0.171. The Balaban J connectivity index is 1.49. The number of nitrogens with one attached hydrogen (secondary N) is 2. The van der Waals surface area contributed by atoms with Crippen molar-refractivity contribution in [2.45, 2.75) is 33.1 Å². The molecule has 8 heteroatoms. The van der Waals surface area contributed by atoms with Crippen LogP contribution < -0.4 is 10.6 Å². The molecule has 0 radical (unpaired) electrons. The van der Waals surface area contributed by atoms with Crippen molar-refractivity contribution in [2.24, 2.45) is 0 Å². The lowest BCUT2D eigenvalue weighted by Gasteiger charge is -2.19. The molecular weight excluding hydrogens is 502 g/mol. The molecule has 0 spiro atoms. The maximum atomic E-state index is 13.0. The van der Waals surface area contributed by atoms with Crippen molar-refractivity contribution in [2.75, 3.05) is 30.8 Å². The predicted octanol–water partition coefficient (Wildman–Crippen LogP) is 5.81. The molecule has 0 aliphatic carbocycles. The fraction of sp³-hybridized carbons (Fsp3) is 0.250. The van der Waals surface area contributed by atoms with E-state index in [1.807, 2.05) is 55.5 Å². The molecule has 1 aromatic heterocycles. The summed E-state index contributed by atoms with van der Waals surface area (Å²) in [6.07, 6.45) is 1.67. The van der Waals surface area contributed by atoms with E-state index in [0.717, 1.165) is 16.8 Å². The Kier molecular flexibility index (Phi) is 8.60. The Bertz CT molecular complexity index is 1490. The average molecular weight is 538 g/mol. The van der Waals surface area contributed by atoms with Crippen LogP contribution in [0.15, 0.2) is 79.0 Å². The first-order chi connectivity index (χ1) is 19.1. The third-order valence-corrected chi connectivity index (χ3v) is 6.70. The molecule has 1 heterocycles. The first-order valence-electron chi connectivity index (χ1n) is 13.1. The van der Waals surface area contributed by atoms with Gasteiger partial charge in [0.25, 0.3) is 11.8 Å². The van der Waals surface area contributed by atoms with E-state index in [4.69, 9.17) is 5.11 Å². The fourth-order valence-corrected chi connectivity index (χ4v) is 4.23. The number of aliphatic hydroxyl groups excluding tert-OH is 1. The van der Waals surface area contributed by atoms with Gasteiger partial charge in [-0.25, -0.2) is 9.97 Å². The minimum absolute atomic E-state index is 0.0192. The standard InChI is InChI=1S/C32H35N5O3/c1-21-26(7-6-8-27(21)35-29(39)22-9-13-24(14-10-22)32(2,3)4)28-17-18-33-31(36-28)34-25-15-11-23(12-16-25)30(40)37(5)19-20-38/h6-18,38H,19-20H2,1-5H3,(H,35,39)(H,33,34,36). The van der Waals surface area contributed by atoms with Crippen LogP contribution in [0.1, 0.15) is 52.6 Å². The highest BCUT2D eigenvalue weighted by Crippen LogP contribution is 2.29. The highest BCUT2D eigenvalue weighted by atomic mass is 16.3. The summed E-state index contributed by atoms with van der Waals surface area (Å²) in [5, 5.41) is 15.3. The monoisotopic (exact) mass is 537 g/mol. The number of aliphatic hydroxyl groups is 1. The summed E-state index contributed by atoms with van der Waals surface area (Å²) in [5.41, 5.74) is 6.22. The number of rotatable bonds is 8. The van der Waals surface area contributed by atoms with Crippen LogP contribution in [0.5, 0.6) is 0 Å². The molecule has 40 heavy (non-hydrogen) atoms. The lowest BCUT2D eigenvalue weighted by Crippen LogP contribution is -2.29. The van der Waals surface area contributed by atoms with Crippen molar-refractivity contribution in [3.05, 3.63) is 101 Å². The predicted molar refractivity (Wildman–Crippen MR) is 159 cm³/mol. The second-order valence-electron chi connectivity index (χ2n) is 10.7. The van der Waals surface area contributed by atoms with Crippen molar-refractivity contribution in [3.8, 4) is 11.3 Å². The van der Waals surface area contributed by atoms with E-state index in [9.17, 15) is 9.59 Å². The summed E-state index contributed by atoms with van der Waals surface area (Å²) >= 11 is 0. The molecule has 4 aromatic rings. The van der Waals surface area contributed by atoms with Crippen LogP contribution in [-0.4, -0.2) is 52.0 Å². The fourth-order valence-electron chi connectivity index (χ4n) is 4.23. The van der Waals surface area contributed by atoms with Crippen molar-refractivity contribution in [1.29, 1.82) is 0 Å². The van der Waals surface area contributed by atoms with Gasteiger partial charge in [-0.1, -0.05) is 45.0 Å². The van der Waals surface area contributed by atoms with Gasteiger partial charge in [-0.15, -0.1) is 0 Å². The van der Waals surface area contributed by atoms with Gasteiger partial charge < -0.3 is 20.6 Å². The van der Waals surface area contributed by atoms with Crippen molar-refractivity contribution in [3.63, 3.8) is 0 Å². The summed E-state index contributed by atoms with van der Waals surface area (Å²) in [6, 6.07) is 22.2. The van der Waals surface area contributed by atoms with Crippen molar-refractivity contribution in [1.82, 2.24) is 14.9 Å². The second-order valence-corrected chi connectivity index (χ2v) is 10.7. The Morgan fingerprint density at radius 1 is 0.925 bits per heavy atom. The van der Waals surface area contributed by atoms with Crippen LogP contribution in [0.4, 0.5) is 17.3 Å². The molecule has 0 saturated heterocycles. The van der Waals surface area contributed by atoms with Crippen molar-refractivity contribution >= 4 is 29.1 Å². The number of carbonyl (C=O) groups excluding carboxylic acids is 2. The molecule has 2 amide bonds. The van der Waals surface area contributed by atoms with Gasteiger partial charge in [0.15, 0.2) is 0 Å². The summed E-state index contributed by atoms with van der Waals surface area (Å²) in [7, 11) is 1.65. The highest BCUT2D eigenvalue weighted by Gasteiger charge is 2.16. The number of carbonyl (C=O) groups is 2. The topological polar surface area (TPSA) is 107 Å². The molecule has 3 aromatic carbocycles. The van der Waals surface area contributed by atoms with E-state index in [1.165, 1.54) is 10.5 Å². The molecule has 0 bridgehead atoms. The number of aromatic nitrogens is 2. The van der Waals surface area contributed by atoms with Crippen LogP contribution >= 0.6 is 0 Å². The zero-order chi connectivity index (χ0) is 28.9. The molecule has 0 unspecified atom stereocenters. The molecule has 8 nitrogen and oxygen atoms in total. The zero-order valence-corrected chi connectivity index (χ0v) is 23.5. The van der Waals surface area contributed by atoms with Gasteiger partial charge in [0.1, 0.15) is 0 Å². The molecule has 0 aliphatic rings. The third kappa shape index (κ3) is 6.71. The van der Waals surface area contributed by atoms with Crippen LogP contribution in [0.3, 0.4) is 0 Å². The van der Waals surface area contributed by atoms with Crippen LogP contribution in [0.2, 0.25) is 0 Å². The summed E-state index contributed by atoms with van der Waals surface area (Å²) in [6.45, 7) is 8.56. The molecule has 4 rings (SSSR count). The molecular formula is C32H35N5O3. The maximum absolute atomic E-state index is 13.0. The van der Waals surface area contributed by atoms with Gasteiger partial charge in [-0.3, -0.25) is 9.59 Å². The van der Waals surface area contributed by atoms with Crippen LogP contribution in [-0.2, 0) is 5.41 Å². The van der Waals surface area contributed by atoms with E-state index in [0.29, 0.717) is 28.5 Å². The SMILES string of the molecule is Cc1c(NC(=O)c2ccc(C(C)(C)C)cc2)cccc1-c1ccnc(Nc2ccc(C(=O)N(C)CCO)cc2)n1. The lowest BCUT2D eigenvalue weighted by atomic mass is 9.86. The average Bonchev–Trinajstić information content (AvgIpc) is 2.94. The van der Waals surface area contributed by atoms with E-state index < -0.39 is 0 Å². The number of nitrogens with zero attached hydrogens (tertiary/aromatic N) is 3. The van der Waals surface area contributed by atoms with Gasteiger partial charge in [-0.05, 0) is 72.0 Å². The quantitative estimate of drug-likeness (QED) is 0.262. The van der Waals surface area contributed by atoms with E-state index in [-0.39, 0.29) is 30.4 Å². The molecule has 3 N–H and O–H groups in total. The summed E-state index contributed by atoms with van der Waals surface area (Å²) < 4.78 is 0. The van der Waals surface area contributed by atoms with Gasteiger partial charge in [0, 0.05) is 47.9 Å². The third-order valence-electron chi connectivity index (χ3n) is 6.70. The largest absolute Gasteiger partial charge is 0.395 e. The summed E-state index contributed by atoms with van der Waals surface area (Å²) in [4.78, 5) is 35.9. The first-order valence-corrected chi connectivity index (χ1v) is 13.1. The Morgan fingerprint density at radius 3 is 2.25 bits per heavy atom. The highest BCUT2D eigenvalue weighted by molar-refractivity contribution is 6.05. The van der Waals surface area contributed by atoms with Gasteiger partial charge in [-0.2, -0.15) is 0 Å². The van der Waals surface area contributed by atoms with Crippen molar-refractivity contribution < 1.29 is 14.7 Å². The van der Waals surface area contributed by atoms with Gasteiger partial charge >= 0.3 is 0 Å². The van der Waals surface area contributed by atoms with Gasteiger partial charge in [0.2, 0.25) is 5.95 Å². The zero-order valence-electron chi connectivity index (χ0n) is 23.5. The second kappa shape index (κ2) is 12.1. The van der Waals surface area contributed by atoms with Crippen LogP contribution in [0, 0.1) is 6.92 Å². The molecule has 0 fully saturated rings. The summed E-state index contributed by atoms with van der Waals surface area (Å²) in [5.74, 6) is 0.0696. The molecule has 0 atom stereocenters. The number of hydrogen-bond donors (Lipinski definition) is 3. The molecule has 206 valence electrons. The Hall–Kier alpha value is -4.56. The maximum Gasteiger partial charge on any atom is 0.255 e. The number of likely N-dealkylation sites (N-methyl/N-ethyl adjacent to an activating group) is 1. The number of anilines is 3. The number of amides is 2. The normalized spacial score (nSPS) is 11.2. The van der Waals surface area contributed by atoms with Crippen LogP contribution in [0.25, 0.3) is 11.3 Å². The molecule has 0 saturated carbocycles. The smallest absolute Gasteiger partial charge is 0.255 e. The number of benzene rings is 3. The van der Waals surface area contributed by atoms with E-state index in [2.05, 4.69) is 41.4 Å². The Labute approximate surface area is 235 Å². The lowest BCUT2D eigenvalue weighted by molar-refractivity contribution is 0.0767. The van der Waals surface area contributed by atoms with Gasteiger partial charge in [0.05, 0.1) is 12.3 Å². The minimum Gasteiger partial charge on any atom is -0.395 e. The number of hydrogen-bond acceptors (Lipinski definition) is 6.